The molecule has 0 bridgehead atoms. The normalized spacial score (nSPS) is 11.1. The van der Waals surface area contributed by atoms with Crippen molar-refractivity contribution in [3.63, 3.8) is 0 Å². The molecule has 0 heterocycles. The van der Waals surface area contributed by atoms with Gasteiger partial charge in [-0.25, -0.2) is 8.42 Å². The molecule has 0 fully saturated rings. The average Bonchev–Trinajstić information content (AvgIpc) is 2.50. The summed E-state index contributed by atoms with van der Waals surface area (Å²) in [4.78, 5) is 0. The van der Waals surface area contributed by atoms with Gasteiger partial charge in [0.2, 0.25) is 0 Å². The number of aromatic hydroxyl groups is 1. The molecule has 0 aliphatic carbocycles. The van der Waals surface area contributed by atoms with Crippen molar-refractivity contribution in [1.82, 2.24) is 0 Å². The van der Waals surface area contributed by atoms with Gasteiger partial charge in [0.1, 0.15) is 11.5 Å². The second-order valence-corrected chi connectivity index (χ2v) is 7.20. The van der Waals surface area contributed by atoms with Gasteiger partial charge in [-0.15, -0.1) is 0 Å². The second-order valence-electron chi connectivity index (χ2n) is 6.22. The van der Waals surface area contributed by atoms with Gasteiger partial charge >= 0.3 is 29.6 Å². The Hall–Kier alpha value is -0.270. The van der Waals surface area contributed by atoms with E-state index in [0.29, 0.717) is 12.0 Å². The molecule has 0 aliphatic heterocycles. The summed E-state index contributed by atoms with van der Waals surface area (Å²) in [5.74, 6) is 0.0476. The molecule has 0 saturated heterocycles. The summed E-state index contributed by atoms with van der Waals surface area (Å²) in [7, 11) is -4.80. The summed E-state index contributed by atoms with van der Waals surface area (Å²) in [6.07, 6.45) is 12.7. The van der Waals surface area contributed by atoms with Gasteiger partial charge in [0.25, 0.3) is 10.4 Å². The molecule has 5 nitrogen and oxygen atoms in total. The Kier molecular flexibility index (Phi) is 13.7. The number of benzene rings is 1. The molecule has 1 N–H and O–H groups in total. The third-order valence-electron chi connectivity index (χ3n) is 4.04. The molecule has 0 spiro atoms. The van der Waals surface area contributed by atoms with Gasteiger partial charge in [-0.2, -0.15) is 0 Å². The molecule has 1 aromatic rings. The van der Waals surface area contributed by atoms with Crippen LogP contribution in [0.15, 0.2) is 18.2 Å². The third-order valence-corrected chi connectivity index (χ3v) is 4.42. The zero-order valence-corrected chi connectivity index (χ0v) is 18.3. The fourth-order valence-electron chi connectivity index (χ4n) is 2.76. The van der Waals surface area contributed by atoms with Crippen LogP contribution < -0.4 is 33.7 Å². The van der Waals surface area contributed by atoms with Gasteiger partial charge in [0.15, 0.2) is 0 Å². The van der Waals surface area contributed by atoms with E-state index in [4.69, 9.17) is 0 Å². The Bertz CT molecular complexity index is 575. The maximum absolute atomic E-state index is 10.7. The van der Waals surface area contributed by atoms with E-state index in [-0.39, 0.29) is 41.1 Å². The zero-order chi connectivity index (χ0) is 17.8. The quantitative estimate of drug-likeness (QED) is 0.244. The van der Waals surface area contributed by atoms with Crippen LogP contribution in [0.5, 0.6) is 11.5 Å². The molecule has 0 aliphatic rings. The minimum Gasteiger partial charge on any atom is -0.716 e. The summed E-state index contributed by atoms with van der Waals surface area (Å²) in [6, 6.07) is 4.08. The summed E-state index contributed by atoms with van der Waals surface area (Å²) >= 11 is 0. The van der Waals surface area contributed by atoms with Gasteiger partial charge in [0, 0.05) is 0 Å². The van der Waals surface area contributed by atoms with Crippen molar-refractivity contribution in [2.75, 3.05) is 0 Å². The predicted octanol–water partition coefficient (Wildman–Crippen LogP) is 1.70. The molecule has 0 atom stereocenters. The number of hydrogen-bond donors (Lipinski definition) is 1. The minimum absolute atomic E-state index is 0. The Balaban J connectivity index is 0.00000576. The van der Waals surface area contributed by atoms with Crippen molar-refractivity contribution in [1.29, 1.82) is 0 Å². The Labute approximate surface area is 174 Å². The average molecular weight is 380 g/mol. The summed E-state index contributed by atoms with van der Waals surface area (Å²) < 4.78 is 36.7. The second kappa shape index (κ2) is 13.9. The number of hydrogen-bond acceptors (Lipinski definition) is 5. The molecular weight excluding hydrogens is 351 g/mol. The zero-order valence-electron chi connectivity index (χ0n) is 15.5. The van der Waals surface area contributed by atoms with E-state index in [1.165, 1.54) is 63.1 Å². The first-order valence-electron chi connectivity index (χ1n) is 8.89. The van der Waals surface area contributed by atoms with Gasteiger partial charge in [-0.1, -0.05) is 64.7 Å². The van der Waals surface area contributed by atoms with Crippen LogP contribution >= 0.6 is 0 Å². The van der Waals surface area contributed by atoms with Crippen molar-refractivity contribution in [3.05, 3.63) is 23.8 Å². The molecule has 1 rings (SSSR count). The van der Waals surface area contributed by atoms with E-state index in [2.05, 4.69) is 11.1 Å². The van der Waals surface area contributed by atoms with Crippen molar-refractivity contribution in [2.45, 2.75) is 77.6 Å². The van der Waals surface area contributed by atoms with Crippen molar-refractivity contribution in [2.24, 2.45) is 0 Å². The van der Waals surface area contributed by atoms with E-state index in [1.54, 1.807) is 0 Å². The van der Waals surface area contributed by atoms with Crippen LogP contribution in [-0.4, -0.2) is 18.1 Å². The Morgan fingerprint density at radius 2 is 1.48 bits per heavy atom. The predicted molar refractivity (Wildman–Crippen MR) is 94.0 cm³/mol. The minimum atomic E-state index is -4.80. The van der Waals surface area contributed by atoms with Crippen LogP contribution in [0.1, 0.15) is 76.7 Å². The molecule has 0 saturated carbocycles. The van der Waals surface area contributed by atoms with Gasteiger partial charge < -0.3 is 13.8 Å². The summed E-state index contributed by atoms with van der Waals surface area (Å²) in [5, 5.41) is 9.51. The molecule has 0 radical (unpaired) electrons. The summed E-state index contributed by atoms with van der Waals surface area (Å²) in [5.41, 5.74) is 0.550. The number of aryl methyl sites for hydroxylation is 1. The molecule has 138 valence electrons. The molecule has 7 heteroatoms. The molecule has 0 unspecified atom stereocenters. The first-order valence-corrected chi connectivity index (χ1v) is 10.2. The SMILES string of the molecule is CCCCCCCCCCCCc1cc(O)ccc1OS(=O)(=O)[O-].[Na+]. The third kappa shape index (κ3) is 12.7. The van der Waals surface area contributed by atoms with Gasteiger partial charge in [-0.3, -0.25) is 0 Å². The molecule has 25 heavy (non-hydrogen) atoms. The van der Waals surface area contributed by atoms with Crippen LogP contribution in [0.25, 0.3) is 0 Å². The maximum Gasteiger partial charge on any atom is 1.00 e. The molecular formula is C18H29NaO5S. The Morgan fingerprint density at radius 1 is 0.960 bits per heavy atom. The topological polar surface area (TPSA) is 86.7 Å². The molecule has 1 aromatic carbocycles. The largest absolute Gasteiger partial charge is 1.00 e. The first-order chi connectivity index (χ1) is 11.4. The monoisotopic (exact) mass is 380 g/mol. The standard InChI is InChI=1S/C18H30O5S.Na/c1-2-3-4-5-6-7-8-9-10-11-12-16-15-17(19)13-14-18(16)23-24(20,21)22;/h13-15,19H,2-12H2,1H3,(H,20,21,22);/q;+1/p-1. The Morgan fingerprint density at radius 3 is 2.00 bits per heavy atom. The fourth-order valence-corrected chi connectivity index (χ4v) is 3.14. The smallest absolute Gasteiger partial charge is 0.716 e. The van der Waals surface area contributed by atoms with Gasteiger partial charge in [-0.05, 0) is 36.6 Å². The number of unbranched alkanes of at least 4 members (excludes halogenated alkanes) is 9. The summed E-state index contributed by atoms with van der Waals surface area (Å²) in [6.45, 7) is 2.22. The van der Waals surface area contributed by atoms with E-state index >= 15 is 0 Å². The van der Waals surface area contributed by atoms with Crippen LogP contribution in [0.3, 0.4) is 0 Å². The van der Waals surface area contributed by atoms with Crippen molar-refractivity contribution in [3.8, 4) is 11.5 Å². The number of phenolic OH excluding ortho intramolecular Hbond substituents is 1. The van der Waals surface area contributed by atoms with Crippen LogP contribution in [0.2, 0.25) is 0 Å². The van der Waals surface area contributed by atoms with Gasteiger partial charge in [0.05, 0.1) is 0 Å². The van der Waals surface area contributed by atoms with Crippen molar-refractivity contribution < 1.29 is 51.8 Å². The number of rotatable bonds is 13. The van der Waals surface area contributed by atoms with E-state index < -0.39 is 10.4 Å². The maximum atomic E-state index is 10.7. The van der Waals surface area contributed by atoms with Crippen LogP contribution in [0, 0.1) is 0 Å². The molecule has 0 aromatic heterocycles. The van der Waals surface area contributed by atoms with E-state index in [1.807, 2.05) is 0 Å². The molecule has 0 amide bonds. The van der Waals surface area contributed by atoms with E-state index in [9.17, 15) is 18.1 Å². The van der Waals surface area contributed by atoms with Crippen LogP contribution in [-0.2, 0) is 16.8 Å². The number of phenols is 1. The first kappa shape index (κ1) is 24.7. The fraction of sp³-hybridized carbons (Fsp3) is 0.667. The van der Waals surface area contributed by atoms with E-state index in [0.717, 1.165) is 19.3 Å². The van der Waals surface area contributed by atoms with Crippen LogP contribution in [0.4, 0.5) is 0 Å². The van der Waals surface area contributed by atoms with Crippen molar-refractivity contribution >= 4 is 10.4 Å².